The molecule has 674 valence electrons. The van der Waals surface area contributed by atoms with Gasteiger partial charge < -0.3 is 0 Å². The van der Waals surface area contributed by atoms with Crippen LogP contribution >= 0.6 is 68.0 Å². The summed E-state index contributed by atoms with van der Waals surface area (Å²) in [5.41, 5.74) is 20.5. The first-order valence-corrected chi connectivity index (χ1v) is 52.6. The zero-order valence-corrected chi connectivity index (χ0v) is 81.8. The molecule has 29 rings (SSSR count). The molecule has 29 aromatic rings. The number of nitrogens with zero attached hydrogens (tertiary/aromatic N) is 9. The van der Waals surface area contributed by atoms with E-state index in [1.165, 1.54) is 160 Å². The molecule has 0 fully saturated rings. The van der Waals surface area contributed by atoms with Crippen molar-refractivity contribution in [3.05, 3.63) is 467 Å². The first-order valence-electron chi connectivity index (χ1n) is 47.7. The molecule has 0 N–H and O–H groups in total. The molecule has 0 aliphatic carbocycles. The van der Waals surface area contributed by atoms with Gasteiger partial charge in [0.05, 0.1) is 0 Å². The number of hydrogen-bond acceptors (Lipinski definition) is 15. The van der Waals surface area contributed by atoms with Gasteiger partial charge >= 0.3 is 0 Å². The van der Waals surface area contributed by atoms with Gasteiger partial charge in [-0.2, -0.15) is 0 Å². The van der Waals surface area contributed by atoms with Crippen LogP contribution in [0.2, 0.25) is 0 Å². The van der Waals surface area contributed by atoms with Crippen LogP contribution in [0.5, 0.6) is 0 Å². The van der Waals surface area contributed by atoms with Gasteiger partial charge in [0, 0.05) is 171 Å². The minimum absolute atomic E-state index is 0.648. The average molecular weight is 1950 g/mol. The van der Waals surface area contributed by atoms with E-state index in [0.717, 1.165) is 66.8 Å². The van der Waals surface area contributed by atoms with Crippen LogP contribution in [0.25, 0.3) is 279 Å². The smallest absolute Gasteiger partial charge is 0.164 e. The summed E-state index contributed by atoms with van der Waals surface area (Å²) in [5.74, 6) is 5.91. The van der Waals surface area contributed by atoms with Gasteiger partial charge in [-0.1, -0.05) is 376 Å². The number of rotatable bonds is 14. The van der Waals surface area contributed by atoms with E-state index in [-0.39, 0.29) is 0 Å². The van der Waals surface area contributed by atoms with Crippen LogP contribution in [0.4, 0.5) is 0 Å². The van der Waals surface area contributed by atoms with Crippen LogP contribution in [-0.4, -0.2) is 44.9 Å². The number of benzene rings is 20. The Hall–Kier alpha value is -17.3. The van der Waals surface area contributed by atoms with Crippen molar-refractivity contribution in [2.24, 2.45) is 0 Å². The molecule has 0 saturated heterocycles. The molecule has 0 radical (unpaired) electrons. The number of hydrogen-bond donors (Lipinski definition) is 0. The number of thiophene rings is 6. The summed E-state index contributed by atoms with van der Waals surface area (Å²) in [7, 11) is 0. The molecule has 9 nitrogen and oxygen atoms in total. The van der Waals surface area contributed by atoms with Gasteiger partial charge in [0.1, 0.15) is 0 Å². The molecule has 0 aliphatic rings. The summed E-state index contributed by atoms with van der Waals surface area (Å²) >= 11 is 11.0. The topological polar surface area (TPSA) is 116 Å². The largest absolute Gasteiger partial charge is 0.208 e. The fraction of sp³-hybridized carbons (Fsp3) is 0. The Balaban J connectivity index is 0.000000108. The van der Waals surface area contributed by atoms with Crippen molar-refractivity contribution < 1.29 is 0 Å². The van der Waals surface area contributed by atoms with Gasteiger partial charge in [0.25, 0.3) is 0 Å². The predicted molar refractivity (Wildman–Crippen MR) is 613 cm³/mol. The lowest BCUT2D eigenvalue weighted by Gasteiger charge is -2.11. The van der Waals surface area contributed by atoms with Crippen LogP contribution in [0, 0.1) is 0 Å². The Morgan fingerprint density at radius 1 is 0.104 bits per heavy atom. The van der Waals surface area contributed by atoms with Crippen LogP contribution in [0.1, 0.15) is 0 Å². The highest BCUT2D eigenvalue weighted by Gasteiger charge is 2.24. The molecule has 144 heavy (non-hydrogen) atoms. The van der Waals surface area contributed by atoms with Crippen molar-refractivity contribution in [3.8, 4) is 158 Å². The second kappa shape index (κ2) is 36.8. The van der Waals surface area contributed by atoms with Crippen LogP contribution in [-0.2, 0) is 0 Å². The van der Waals surface area contributed by atoms with Crippen LogP contribution in [0.15, 0.2) is 467 Å². The Kier molecular flexibility index (Phi) is 21.9. The lowest BCUT2D eigenvalue weighted by atomic mass is 9.97. The lowest BCUT2D eigenvalue weighted by molar-refractivity contribution is 1.07. The van der Waals surface area contributed by atoms with Crippen molar-refractivity contribution in [3.63, 3.8) is 0 Å². The molecule has 0 aliphatic heterocycles. The first kappa shape index (κ1) is 85.9. The molecular formula is C129H77N9S6. The van der Waals surface area contributed by atoms with E-state index >= 15 is 0 Å². The third kappa shape index (κ3) is 15.9. The summed E-state index contributed by atoms with van der Waals surface area (Å²) in [6.07, 6.45) is 0. The lowest BCUT2D eigenvalue weighted by Crippen LogP contribution is -2.00. The van der Waals surface area contributed by atoms with Crippen LogP contribution in [0.3, 0.4) is 0 Å². The minimum Gasteiger partial charge on any atom is -0.208 e. The maximum atomic E-state index is 5.16. The van der Waals surface area contributed by atoms with E-state index in [4.69, 9.17) is 44.9 Å². The maximum absolute atomic E-state index is 5.16. The van der Waals surface area contributed by atoms with E-state index in [9.17, 15) is 0 Å². The minimum atomic E-state index is 0.648. The second-order valence-corrected chi connectivity index (χ2v) is 42.1. The van der Waals surface area contributed by atoms with E-state index in [2.05, 4.69) is 400 Å². The molecule has 9 heterocycles. The molecule has 0 saturated carbocycles. The summed E-state index contributed by atoms with van der Waals surface area (Å²) in [5, 5.41) is 15.4. The van der Waals surface area contributed by atoms with Crippen LogP contribution < -0.4 is 0 Å². The Morgan fingerprint density at radius 2 is 0.264 bits per heavy atom. The molecule has 9 aromatic heterocycles. The molecular weight excluding hydrogens is 1870 g/mol. The predicted octanol–water partition coefficient (Wildman–Crippen LogP) is 37.2. The number of fused-ring (bicyclic) bond motifs is 18. The fourth-order valence-electron chi connectivity index (χ4n) is 20.2. The highest BCUT2D eigenvalue weighted by molar-refractivity contribution is 7.28. The molecule has 0 unspecified atom stereocenters. The monoisotopic (exact) mass is 1940 g/mol. The van der Waals surface area contributed by atoms with Gasteiger partial charge in [-0.3, -0.25) is 0 Å². The van der Waals surface area contributed by atoms with E-state index in [1.54, 1.807) is 11.3 Å². The zero-order valence-electron chi connectivity index (χ0n) is 76.9. The van der Waals surface area contributed by atoms with E-state index in [1.807, 2.05) is 123 Å². The maximum Gasteiger partial charge on any atom is 0.164 e. The third-order valence-corrected chi connectivity index (χ3v) is 33.7. The fourth-order valence-corrected chi connectivity index (χ4v) is 26.9. The normalized spacial score (nSPS) is 11.6. The second-order valence-electron chi connectivity index (χ2n) is 35.6. The summed E-state index contributed by atoms with van der Waals surface area (Å²) < 4.78 is 15.5. The number of aromatic nitrogens is 9. The zero-order chi connectivity index (χ0) is 95.1. The highest BCUT2D eigenvalue weighted by Crippen LogP contribution is 2.49. The van der Waals surface area contributed by atoms with Crippen molar-refractivity contribution in [1.29, 1.82) is 0 Å². The van der Waals surface area contributed by atoms with Crippen molar-refractivity contribution >= 4 is 189 Å². The molecule has 0 spiro atoms. The summed E-state index contributed by atoms with van der Waals surface area (Å²) in [6.45, 7) is 0. The van der Waals surface area contributed by atoms with Gasteiger partial charge in [-0.05, 0) is 147 Å². The average Bonchev–Trinajstić information content (AvgIpc) is 1.61. The van der Waals surface area contributed by atoms with Gasteiger partial charge in [-0.25, -0.2) is 44.9 Å². The van der Waals surface area contributed by atoms with Crippen molar-refractivity contribution in [2.45, 2.75) is 0 Å². The molecule has 0 atom stereocenters. The SMILES string of the molecule is c1ccc(-c2nc(-c3ccc(-c4cccc5sc6ccccc6c45)cc3)nc(-c3ccc(-c4cccc5sc6ccccc6c45)cc3)n2)cc1.c1ccc(-c2nc(-c3cccc(-c4cccc5sc6ccccc6c45)c3)nc(-c3cccc(-c4cccc5sc6ccccc6c45)c3)n2)cc1.c1ccc(-c2nc(-c3cccc(-c4cccc5sc6ccccc6c45)c3)nc(-c3cccc4sc5ccccc5c34)n2)cc1. The molecule has 15 heteroatoms. The van der Waals surface area contributed by atoms with Crippen molar-refractivity contribution in [1.82, 2.24) is 44.9 Å². The molecule has 20 aromatic carbocycles. The Labute approximate surface area is 851 Å². The van der Waals surface area contributed by atoms with Gasteiger partial charge in [-0.15, -0.1) is 68.0 Å². The quantitative estimate of drug-likeness (QED) is 0.105. The molecule has 0 bridgehead atoms. The van der Waals surface area contributed by atoms with E-state index < -0.39 is 0 Å². The first-order chi connectivity index (χ1) is 71.3. The highest BCUT2D eigenvalue weighted by atomic mass is 32.1. The van der Waals surface area contributed by atoms with Gasteiger partial charge in [0.2, 0.25) is 0 Å². The third-order valence-electron chi connectivity index (χ3n) is 26.9. The van der Waals surface area contributed by atoms with Gasteiger partial charge in [0.15, 0.2) is 52.4 Å². The summed E-state index contributed by atoms with van der Waals surface area (Å²) in [4.78, 5) is 45.6. The van der Waals surface area contributed by atoms with Crippen molar-refractivity contribution in [2.75, 3.05) is 0 Å². The Bertz CT molecular complexity index is 9720. The summed E-state index contributed by atoms with van der Waals surface area (Å²) in [6, 6.07) is 165. The molecule has 0 amide bonds. The van der Waals surface area contributed by atoms with E-state index in [0.29, 0.717) is 52.4 Å². The Morgan fingerprint density at radius 3 is 0.514 bits per heavy atom. The standard InChI is InChI=1S/2C45H27N3S2.C39H23N3S2/c1-2-12-28(13-3-1)43-46-44(31-16-8-14-29(26-31)33-20-10-24-39-41(33)35-18-4-6-22-37(35)49-39)48-45(47-43)32-17-9-15-30(27-32)34-21-11-25-40-42(34)36-19-5-7-23-38(36)50-40;1-2-10-30(11-3-1)43-46-44(31-24-20-28(21-25-31)33-14-8-18-39-41(33)35-12-4-6-16-37(35)49-39)48-45(47-43)32-26-22-29(23-27-32)34-15-9-19-40-42(34)36-13-5-7-17-38(36)50-40;1-2-11-24(12-3-1)37-40-38(42-39(41-37)30-18-10-22-34-36(30)29-16-5-7-20-32(29)44-34)26-14-8-13-25(23-26)27-17-9-21-33-35(27)28-15-4-6-19-31(28)43-33/h2*1-27H;1-23H.